The standard InChI is InChI=1S/C12H11IN4OS/c13-8-5-15-17(6-8)7-11(18)16-10-4-2-1-3-9(10)12(14)19/h1-6H,7H2,(H2,14,19)(H,16,18). The Hall–Kier alpha value is -1.48. The molecule has 1 aromatic heterocycles. The number of nitrogens with one attached hydrogen (secondary N) is 1. The molecule has 0 radical (unpaired) electrons. The number of hydrogen-bond acceptors (Lipinski definition) is 3. The molecule has 0 saturated carbocycles. The highest BCUT2D eigenvalue weighted by Crippen LogP contribution is 2.14. The molecular formula is C12H11IN4OS. The Labute approximate surface area is 129 Å². The largest absolute Gasteiger partial charge is 0.389 e. The van der Waals surface area contributed by atoms with Crippen LogP contribution >= 0.6 is 34.8 Å². The van der Waals surface area contributed by atoms with Crippen molar-refractivity contribution < 1.29 is 4.79 Å². The molecule has 1 heterocycles. The number of carbonyl (C=O) groups excluding carboxylic acids is 1. The van der Waals surface area contributed by atoms with Crippen molar-refractivity contribution in [1.29, 1.82) is 0 Å². The van der Waals surface area contributed by atoms with E-state index in [9.17, 15) is 4.79 Å². The van der Waals surface area contributed by atoms with Crippen LogP contribution in [0.5, 0.6) is 0 Å². The summed E-state index contributed by atoms with van der Waals surface area (Å²) in [6.07, 6.45) is 3.48. The quantitative estimate of drug-likeness (QED) is 0.621. The van der Waals surface area contributed by atoms with Crippen molar-refractivity contribution in [1.82, 2.24) is 9.78 Å². The molecule has 0 aliphatic rings. The van der Waals surface area contributed by atoms with Crippen LogP contribution in [0.15, 0.2) is 36.7 Å². The van der Waals surface area contributed by atoms with Gasteiger partial charge in [0.25, 0.3) is 0 Å². The highest BCUT2D eigenvalue weighted by atomic mass is 127. The molecule has 2 aromatic rings. The van der Waals surface area contributed by atoms with Crippen molar-refractivity contribution in [2.75, 3.05) is 5.32 Å². The molecule has 0 bridgehead atoms. The lowest BCUT2D eigenvalue weighted by atomic mass is 10.2. The van der Waals surface area contributed by atoms with E-state index in [1.165, 1.54) is 0 Å². The van der Waals surface area contributed by atoms with Gasteiger partial charge in [-0.2, -0.15) is 5.10 Å². The van der Waals surface area contributed by atoms with Crippen molar-refractivity contribution in [3.63, 3.8) is 0 Å². The van der Waals surface area contributed by atoms with Gasteiger partial charge in [0.1, 0.15) is 11.5 Å². The minimum Gasteiger partial charge on any atom is -0.389 e. The van der Waals surface area contributed by atoms with E-state index >= 15 is 0 Å². The first kappa shape index (κ1) is 13.9. The second-order valence-electron chi connectivity index (χ2n) is 3.81. The zero-order valence-corrected chi connectivity index (χ0v) is 12.8. The molecule has 2 rings (SSSR count). The molecule has 5 nitrogen and oxygen atoms in total. The van der Waals surface area contributed by atoms with Gasteiger partial charge in [-0.15, -0.1) is 0 Å². The van der Waals surface area contributed by atoms with Crippen LogP contribution in [0, 0.1) is 3.57 Å². The Morgan fingerprint density at radius 1 is 1.47 bits per heavy atom. The normalized spacial score (nSPS) is 10.2. The molecule has 98 valence electrons. The van der Waals surface area contributed by atoms with Gasteiger partial charge in [-0.1, -0.05) is 24.4 Å². The summed E-state index contributed by atoms with van der Waals surface area (Å²) in [5.41, 5.74) is 6.87. The first-order valence-electron chi connectivity index (χ1n) is 5.43. The Morgan fingerprint density at radius 3 is 2.84 bits per heavy atom. The maximum atomic E-state index is 11.9. The van der Waals surface area contributed by atoms with Crippen LogP contribution in [0.1, 0.15) is 5.56 Å². The van der Waals surface area contributed by atoms with E-state index in [0.717, 1.165) is 3.57 Å². The fraction of sp³-hybridized carbons (Fsp3) is 0.0833. The number of benzene rings is 1. The summed E-state index contributed by atoms with van der Waals surface area (Å²) >= 11 is 7.08. The summed E-state index contributed by atoms with van der Waals surface area (Å²) in [6.45, 7) is 0.147. The Bertz CT molecular complexity index is 626. The number of anilines is 1. The van der Waals surface area contributed by atoms with Gasteiger partial charge >= 0.3 is 0 Å². The van der Waals surface area contributed by atoms with Crippen LogP contribution in [0.4, 0.5) is 5.69 Å². The third-order valence-electron chi connectivity index (χ3n) is 2.37. The monoisotopic (exact) mass is 386 g/mol. The molecule has 0 atom stereocenters. The maximum absolute atomic E-state index is 11.9. The molecule has 3 N–H and O–H groups in total. The lowest BCUT2D eigenvalue weighted by molar-refractivity contribution is -0.116. The molecule has 0 aliphatic carbocycles. The van der Waals surface area contributed by atoms with Crippen LogP contribution in [-0.4, -0.2) is 20.7 Å². The number of hydrogen-bond donors (Lipinski definition) is 2. The summed E-state index contributed by atoms with van der Waals surface area (Å²) in [5.74, 6) is -0.178. The molecule has 0 aliphatic heterocycles. The molecule has 0 saturated heterocycles. The van der Waals surface area contributed by atoms with E-state index in [-0.39, 0.29) is 17.4 Å². The second-order valence-corrected chi connectivity index (χ2v) is 5.50. The van der Waals surface area contributed by atoms with Gasteiger partial charge < -0.3 is 11.1 Å². The number of amides is 1. The van der Waals surface area contributed by atoms with Crippen molar-refractivity contribution in [2.24, 2.45) is 5.73 Å². The minimum atomic E-state index is -0.178. The average molecular weight is 386 g/mol. The molecule has 0 spiro atoms. The summed E-state index contributed by atoms with van der Waals surface area (Å²) in [5, 5.41) is 6.83. The van der Waals surface area contributed by atoms with Crippen LogP contribution in [0.25, 0.3) is 0 Å². The maximum Gasteiger partial charge on any atom is 0.246 e. The van der Waals surface area contributed by atoms with Crippen LogP contribution in [0.3, 0.4) is 0 Å². The molecule has 7 heteroatoms. The first-order valence-corrected chi connectivity index (χ1v) is 6.91. The Kier molecular flexibility index (Phi) is 4.48. The predicted molar refractivity (Wildman–Crippen MR) is 85.9 cm³/mol. The van der Waals surface area contributed by atoms with Crippen molar-refractivity contribution in [3.05, 3.63) is 45.8 Å². The fourth-order valence-electron chi connectivity index (χ4n) is 1.57. The number of thiocarbonyl (C=S) groups is 1. The Balaban J connectivity index is 2.09. The van der Waals surface area contributed by atoms with Gasteiger partial charge in [0.15, 0.2) is 0 Å². The van der Waals surface area contributed by atoms with E-state index in [1.807, 2.05) is 12.1 Å². The van der Waals surface area contributed by atoms with Crippen molar-refractivity contribution in [2.45, 2.75) is 6.54 Å². The van der Waals surface area contributed by atoms with Crippen LogP contribution < -0.4 is 11.1 Å². The van der Waals surface area contributed by atoms with E-state index in [1.54, 1.807) is 29.2 Å². The second kappa shape index (κ2) is 6.11. The number of para-hydroxylation sites is 1. The summed E-state index contributed by atoms with van der Waals surface area (Å²) in [7, 11) is 0. The van der Waals surface area contributed by atoms with E-state index in [4.69, 9.17) is 18.0 Å². The van der Waals surface area contributed by atoms with Gasteiger partial charge in [0.2, 0.25) is 5.91 Å². The zero-order chi connectivity index (χ0) is 13.8. The van der Waals surface area contributed by atoms with Gasteiger partial charge in [-0.25, -0.2) is 0 Å². The smallest absolute Gasteiger partial charge is 0.246 e. The third-order valence-corrected chi connectivity index (χ3v) is 3.15. The lowest BCUT2D eigenvalue weighted by Crippen LogP contribution is -2.21. The number of nitrogens with zero attached hydrogens (tertiary/aromatic N) is 2. The highest BCUT2D eigenvalue weighted by Gasteiger charge is 2.09. The highest BCUT2D eigenvalue weighted by molar-refractivity contribution is 14.1. The summed E-state index contributed by atoms with van der Waals surface area (Å²) in [6, 6.07) is 7.17. The van der Waals surface area contributed by atoms with E-state index < -0.39 is 0 Å². The number of halogens is 1. The first-order chi connectivity index (χ1) is 9.06. The number of rotatable bonds is 4. The van der Waals surface area contributed by atoms with Gasteiger partial charge in [0, 0.05) is 11.8 Å². The van der Waals surface area contributed by atoms with Crippen molar-refractivity contribution >= 4 is 51.4 Å². The minimum absolute atomic E-state index is 0.147. The van der Waals surface area contributed by atoms with Gasteiger partial charge in [-0.3, -0.25) is 9.48 Å². The molecule has 0 unspecified atom stereocenters. The molecule has 1 aromatic carbocycles. The van der Waals surface area contributed by atoms with Crippen molar-refractivity contribution in [3.8, 4) is 0 Å². The summed E-state index contributed by atoms with van der Waals surface area (Å²) in [4.78, 5) is 12.2. The zero-order valence-electron chi connectivity index (χ0n) is 9.84. The predicted octanol–water partition coefficient (Wildman–Crippen LogP) is 1.76. The van der Waals surface area contributed by atoms with Crippen LogP contribution in [0.2, 0.25) is 0 Å². The molecule has 19 heavy (non-hydrogen) atoms. The molecule has 0 fully saturated rings. The number of nitrogens with two attached hydrogens (primary N) is 1. The number of aromatic nitrogens is 2. The van der Waals surface area contributed by atoms with E-state index in [0.29, 0.717) is 11.3 Å². The van der Waals surface area contributed by atoms with Crippen LogP contribution in [-0.2, 0) is 11.3 Å². The third kappa shape index (κ3) is 3.74. The average Bonchev–Trinajstić information content (AvgIpc) is 2.75. The van der Waals surface area contributed by atoms with Gasteiger partial charge in [-0.05, 0) is 34.7 Å². The lowest BCUT2D eigenvalue weighted by Gasteiger charge is -2.09. The Morgan fingerprint density at radius 2 is 2.21 bits per heavy atom. The molecular weight excluding hydrogens is 375 g/mol. The van der Waals surface area contributed by atoms with E-state index in [2.05, 4.69) is 33.0 Å². The topological polar surface area (TPSA) is 72.9 Å². The SMILES string of the molecule is NC(=S)c1ccccc1NC(=O)Cn1cc(I)cn1. The number of carbonyl (C=O) groups is 1. The fourth-order valence-corrected chi connectivity index (χ4v) is 2.19. The summed E-state index contributed by atoms with van der Waals surface area (Å²) < 4.78 is 2.55. The molecule has 1 amide bonds. The van der Waals surface area contributed by atoms with Gasteiger partial charge in [0.05, 0.1) is 15.5 Å².